The molecule has 172 valence electrons. The van der Waals surface area contributed by atoms with Gasteiger partial charge in [0.05, 0.1) is 11.7 Å². The van der Waals surface area contributed by atoms with E-state index in [2.05, 4.69) is 39.0 Å². The quantitative estimate of drug-likeness (QED) is 0.577. The van der Waals surface area contributed by atoms with Crippen LogP contribution in [-0.4, -0.2) is 38.8 Å². The maximum atomic E-state index is 13.6. The third kappa shape index (κ3) is 5.99. The SMILES string of the molecule is CC(C)c1ncc(CN2CCC(C(NC(=O)c3cccc(F)c3)c3ccccn3)CC2)cn1. The Bertz CT molecular complexity index is 1050. The van der Waals surface area contributed by atoms with Crippen molar-refractivity contribution in [1.82, 2.24) is 25.2 Å². The number of benzene rings is 1. The first-order valence-electron chi connectivity index (χ1n) is 11.5. The fraction of sp³-hybridized carbons (Fsp3) is 0.385. The molecule has 0 bridgehead atoms. The zero-order chi connectivity index (χ0) is 23.2. The first-order valence-corrected chi connectivity index (χ1v) is 11.5. The Hall–Kier alpha value is -3.19. The van der Waals surface area contributed by atoms with Crippen LogP contribution in [0.5, 0.6) is 0 Å². The lowest BCUT2D eigenvalue weighted by Crippen LogP contribution is -2.41. The molecule has 1 amide bonds. The minimum Gasteiger partial charge on any atom is -0.343 e. The Morgan fingerprint density at radius 3 is 2.48 bits per heavy atom. The van der Waals surface area contributed by atoms with Crippen molar-refractivity contribution in [3.63, 3.8) is 0 Å². The highest BCUT2D eigenvalue weighted by atomic mass is 19.1. The van der Waals surface area contributed by atoms with Gasteiger partial charge in [0.25, 0.3) is 5.91 Å². The number of nitrogens with zero attached hydrogens (tertiary/aromatic N) is 4. The number of rotatable bonds is 7. The van der Waals surface area contributed by atoms with Crippen molar-refractivity contribution >= 4 is 5.91 Å². The van der Waals surface area contributed by atoms with E-state index in [1.807, 2.05) is 30.6 Å². The lowest BCUT2D eigenvalue weighted by atomic mass is 9.87. The van der Waals surface area contributed by atoms with Crippen molar-refractivity contribution in [2.75, 3.05) is 13.1 Å². The Labute approximate surface area is 194 Å². The van der Waals surface area contributed by atoms with Crippen molar-refractivity contribution in [3.8, 4) is 0 Å². The molecule has 0 radical (unpaired) electrons. The molecule has 0 saturated carbocycles. The van der Waals surface area contributed by atoms with Crippen LogP contribution in [0.25, 0.3) is 0 Å². The number of nitrogens with one attached hydrogen (secondary N) is 1. The van der Waals surface area contributed by atoms with Crippen LogP contribution in [0.1, 0.15) is 66.1 Å². The second-order valence-corrected chi connectivity index (χ2v) is 8.93. The van der Waals surface area contributed by atoms with Crippen LogP contribution in [-0.2, 0) is 6.54 Å². The molecule has 4 rings (SSSR count). The van der Waals surface area contributed by atoms with E-state index >= 15 is 0 Å². The predicted molar refractivity (Wildman–Crippen MR) is 125 cm³/mol. The van der Waals surface area contributed by atoms with E-state index in [1.165, 1.54) is 12.1 Å². The molecule has 1 atom stereocenters. The van der Waals surface area contributed by atoms with Crippen molar-refractivity contribution in [2.45, 2.75) is 45.2 Å². The van der Waals surface area contributed by atoms with Crippen LogP contribution in [0.3, 0.4) is 0 Å². The van der Waals surface area contributed by atoms with Crippen LogP contribution in [0.2, 0.25) is 0 Å². The summed E-state index contributed by atoms with van der Waals surface area (Å²) in [5.41, 5.74) is 2.26. The molecule has 1 aromatic carbocycles. The fourth-order valence-electron chi connectivity index (χ4n) is 4.29. The number of hydrogen-bond acceptors (Lipinski definition) is 5. The van der Waals surface area contributed by atoms with Gasteiger partial charge in [-0.1, -0.05) is 26.0 Å². The van der Waals surface area contributed by atoms with Gasteiger partial charge < -0.3 is 5.32 Å². The highest BCUT2D eigenvalue weighted by Crippen LogP contribution is 2.31. The number of carbonyl (C=O) groups is 1. The molecule has 1 unspecified atom stereocenters. The summed E-state index contributed by atoms with van der Waals surface area (Å²) in [6.07, 6.45) is 7.44. The summed E-state index contributed by atoms with van der Waals surface area (Å²) >= 11 is 0. The van der Waals surface area contributed by atoms with Crippen LogP contribution < -0.4 is 5.32 Å². The molecule has 1 aliphatic rings. The maximum absolute atomic E-state index is 13.6. The van der Waals surface area contributed by atoms with E-state index in [1.54, 1.807) is 18.3 Å². The number of pyridine rings is 1. The number of amides is 1. The molecule has 3 aromatic rings. The van der Waals surface area contributed by atoms with Crippen molar-refractivity contribution in [3.05, 3.63) is 89.5 Å². The van der Waals surface area contributed by atoms with Gasteiger partial charge in [-0.2, -0.15) is 0 Å². The summed E-state index contributed by atoms with van der Waals surface area (Å²) in [4.78, 5) is 28.7. The monoisotopic (exact) mass is 447 g/mol. The number of piperidine rings is 1. The summed E-state index contributed by atoms with van der Waals surface area (Å²) in [6, 6.07) is 11.3. The molecule has 3 heterocycles. The topological polar surface area (TPSA) is 71.0 Å². The Morgan fingerprint density at radius 2 is 1.85 bits per heavy atom. The molecule has 2 aromatic heterocycles. The largest absolute Gasteiger partial charge is 0.343 e. The van der Waals surface area contributed by atoms with Crippen LogP contribution in [0.4, 0.5) is 4.39 Å². The minimum absolute atomic E-state index is 0.224. The summed E-state index contributed by atoms with van der Waals surface area (Å²) in [5, 5.41) is 3.12. The van der Waals surface area contributed by atoms with E-state index in [-0.39, 0.29) is 17.9 Å². The van der Waals surface area contributed by atoms with Crippen LogP contribution in [0, 0.1) is 11.7 Å². The molecule has 1 aliphatic heterocycles. The van der Waals surface area contributed by atoms with Crippen molar-refractivity contribution in [2.24, 2.45) is 5.92 Å². The fourth-order valence-corrected chi connectivity index (χ4v) is 4.29. The highest BCUT2D eigenvalue weighted by molar-refractivity contribution is 5.94. The zero-order valence-electron chi connectivity index (χ0n) is 19.1. The van der Waals surface area contributed by atoms with Gasteiger partial charge in [0.1, 0.15) is 11.6 Å². The molecule has 0 spiro atoms. The summed E-state index contributed by atoms with van der Waals surface area (Å²) in [5.74, 6) is 0.726. The first kappa shape index (κ1) is 23.0. The van der Waals surface area contributed by atoms with Gasteiger partial charge in [0.2, 0.25) is 0 Å². The molecular weight excluding hydrogens is 417 g/mol. The number of aromatic nitrogens is 3. The van der Waals surface area contributed by atoms with E-state index in [0.29, 0.717) is 11.5 Å². The Kier molecular flexibility index (Phi) is 7.40. The van der Waals surface area contributed by atoms with Crippen molar-refractivity contribution < 1.29 is 9.18 Å². The standard InChI is InChI=1S/C26H30FN5O/c1-18(2)25-29-15-19(16-30-25)17-32-12-9-20(10-13-32)24(23-8-3-4-11-28-23)31-26(33)21-6-5-7-22(27)14-21/h3-8,11,14-16,18,20,24H,9-10,12-13,17H2,1-2H3,(H,31,33). The number of carbonyl (C=O) groups excluding carboxylic acids is 1. The van der Waals surface area contributed by atoms with E-state index in [4.69, 9.17) is 0 Å². The third-order valence-corrected chi connectivity index (χ3v) is 6.13. The zero-order valence-corrected chi connectivity index (χ0v) is 19.1. The lowest BCUT2D eigenvalue weighted by Gasteiger charge is -2.36. The van der Waals surface area contributed by atoms with Crippen molar-refractivity contribution in [1.29, 1.82) is 0 Å². The molecule has 1 fully saturated rings. The summed E-state index contributed by atoms with van der Waals surface area (Å²) in [6.45, 7) is 6.82. The molecule has 33 heavy (non-hydrogen) atoms. The molecule has 7 heteroatoms. The minimum atomic E-state index is -0.421. The van der Waals surface area contributed by atoms with Gasteiger partial charge in [-0.25, -0.2) is 14.4 Å². The average molecular weight is 448 g/mol. The maximum Gasteiger partial charge on any atom is 0.251 e. The number of halogens is 1. The van der Waals surface area contributed by atoms with Gasteiger partial charge in [-0.3, -0.25) is 14.7 Å². The van der Waals surface area contributed by atoms with Gasteiger partial charge >= 0.3 is 0 Å². The van der Waals surface area contributed by atoms with Crippen LogP contribution >= 0.6 is 0 Å². The number of likely N-dealkylation sites (tertiary alicyclic amines) is 1. The van der Waals surface area contributed by atoms with Gasteiger partial charge in [0, 0.05) is 42.2 Å². The smallest absolute Gasteiger partial charge is 0.251 e. The van der Waals surface area contributed by atoms with Gasteiger partial charge in [0.15, 0.2) is 0 Å². The second-order valence-electron chi connectivity index (χ2n) is 8.93. The summed E-state index contributed by atoms with van der Waals surface area (Å²) < 4.78 is 13.6. The third-order valence-electron chi connectivity index (χ3n) is 6.13. The average Bonchev–Trinajstić information content (AvgIpc) is 2.84. The van der Waals surface area contributed by atoms with Gasteiger partial charge in [-0.15, -0.1) is 0 Å². The Morgan fingerprint density at radius 1 is 1.09 bits per heavy atom. The molecule has 0 aliphatic carbocycles. The van der Waals surface area contributed by atoms with E-state index in [9.17, 15) is 9.18 Å². The normalized spacial score (nSPS) is 16.0. The first-order chi connectivity index (χ1) is 16.0. The highest BCUT2D eigenvalue weighted by Gasteiger charge is 2.30. The second kappa shape index (κ2) is 10.6. The van der Waals surface area contributed by atoms with E-state index < -0.39 is 5.82 Å². The predicted octanol–water partition coefficient (Wildman–Crippen LogP) is 4.52. The molecule has 1 N–H and O–H groups in total. The lowest BCUT2D eigenvalue weighted by molar-refractivity contribution is 0.0888. The number of hydrogen-bond donors (Lipinski definition) is 1. The Balaban J connectivity index is 1.41. The molecule has 1 saturated heterocycles. The van der Waals surface area contributed by atoms with Crippen LogP contribution in [0.15, 0.2) is 61.1 Å². The van der Waals surface area contributed by atoms with E-state index in [0.717, 1.165) is 49.6 Å². The molecule has 6 nitrogen and oxygen atoms in total. The van der Waals surface area contributed by atoms with Gasteiger partial charge in [-0.05, 0) is 62.2 Å². The molecular formula is C26H30FN5O. The summed E-state index contributed by atoms with van der Waals surface area (Å²) in [7, 11) is 0.